The fourth-order valence-corrected chi connectivity index (χ4v) is 3.32. The summed E-state index contributed by atoms with van der Waals surface area (Å²) in [7, 11) is -1.70. The van der Waals surface area contributed by atoms with Crippen molar-refractivity contribution in [3.63, 3.8) is 0 Å². The van der Waals surface area contributed by atoms with E-state index in [0.29, 0.717) is 13.2 Å². The average Bonchev–Trinajstić information content (AvgIpc) is 2.43. The van der Waals surface area contributed by atoms with Gasteiger partial charge in [-0.15, -0.1) is 4.52 Å². The maximum atomic E-state index is 11.5. The molecule has 1 aliphatic rings. The van der Waals surface area contributed by atoms with Crippen LogP contribution in [0.25, 0.3) is 0 Å². The molecular weight excluding hydrogens is 263 g/mol. The lowest BCUT2D eigenvalue weighted by Crippen LogP contribution is -2.07. The minimum Gasteiger partial charge on any atom is -0.466 e. The van der Waals surface area contributed by atoms with Crippen molar-refractivity contribution in [1.29, 1.82) is 0 Å². The zero-order chi connectivity index (χ0) is 13.9. The van der Waals surface area contributed by atoms with Gasteiger partial charge in [-0.05, 0) is 30.2 Å². The van der Waals surface area contributed by atoms with Crippen LogP contribution < -0.4 is 0 Å². The highest BCUT2D eigenvalue weighted by Gasteiger charge is 2.20. The topological polar surface area (TPSA) is 52.6 Å². The summed E-state index contributed by atoms with van der Waals surface area (Å²) >= 11 is 0. The van der Waals surface area contributed by atoms with Crippen LogP contribution in [0.15, 0.2) is 0 Å². The summed E-state index contributed by atoms with van der Waals surface area (Å²) in [6, 6.07) is 0. The zero-order valence-corrected chi connectivity index (χ0v) is 12.8. The van der Waals surface area contributed by atoms with Crippen molar-refractivity contribution < 1.29 is 18.6 Å². The standard InChI is InChI=1S/C14H26O4P/c1-2-17-14(15)10-12-19(16)18-11-6-9-13-7-4-3-5-8-13/h13H,2-12H2,1H3/q+1. The quantitative estimate of drug-likeness (QED) is 0.365. The molecule has 0 aromatic carbocycles. The molecule has 0 saturated heterocycles. The molecule has 1 unspecified atom stereocenters. The Balaban J connectivity index is 1.96. The van der Waals surface area contributed by atoms with E-state index in [1.54, 1.807) is 6.92 Å². The van der Waals surface area contributed by atoms with Crippen LogP contribution in [0.4, 0.5) is 0 Å². The third-order valence-corrected chi connectivity index (χ3v) is 4.58. The molecule has 0 aliphatic heterocycles. The Kier molecular flexibility index (Phi) is 9.02. The van der Waals surface area contributed by atoms with E-state index in [2.05, 4.69) is 0 Å². The second kappa shape index (κ2) is 10.3. The molecule has 0 bridgehead atoms. The number of carbonyl (C=O) groups is 1. The van der Waals surface area contributed by atoms with Crippen LogP contribution in [0.3, 0.4) is 0 Å². The lowest BCUT2D eigenvalue weighted by Gasteiger charge is -2.20. The first-order chi connectivity index (χ1) is 9.22. The fourth-order valence-electron chi connectivity index (χ4n) is 2.49. The van der Waals surface area contributed by atoms with Crippen molar-refractivity contribution >= 4 is 14.0 Å². The maximum Gasteiger partial charge on any atom is 0.508 e. The molecule has 0 amide bonds. The molecule has 0 aromatic rings. The summed E-state index contributed by atoms with van der Waals surface area (Å²) in [6.07, 6.45) is 9.41. The Morgan fingerprint density at radius 3 is 2.68 bits per heavy atom. The van der Waals surface area contributed by atoms with Gasteiger partial charge in [-0.1, -0.05) is 32.1 Å². The molecule has 1 aliphatic carbocycles. The summed E-state index contributed by atoms with van der Waals surface area (Å²) < 4.78 is 21.6. The van der Waals surface area contributed by atoms with Gasteiger partial charge in [0.25, 0.3) is 0 Å². The highest BCUT2D eigenvalue weighted by Crippen LogP contribution is 2.28. The van der Waals surface area contributed by atoms with Crippen LogP contribution in [-0.4, -0.2) is 25.3 Å². The largest absolute Gasteiger partial charge is 0.508 e. The SMILES string of the molecule is CCOC(=O)CC[P+](=O)OCCCC1CCCCC1. The van der Waals surface area contributed by atoms with Crippen molar-refractivity contribution in [3.8, 4) is 0 Å². The highest BCUT2D eigenvalue weighted by atomic mass is 31.1. The van der Waals surface area contributed by atoms with Crippen molar-refractivity contribution in [3.05, 3.63) is 0 Å². The summed E-state index contributed by atoms with van der Waals surface area (Å²) in [6.45, 7) is 2.69. The van der Waals surface area contributed by atoms with Crippen molar-refractivity contribution in [2.24, 2.45) is 5.92 Å². The van der Waals surface area contributed by atoms with E-state index in [9.17, 15) is 9.36 Å². The van der Waals surface area contributed by atoms with E-state index < -0.39 is 8.03 Å². The maximum absolute atomic E-state index is 11.5. The molecule has 0 spiro atoms. The predicted molar refractivity (Wildman–Crippen MR) is 75.5 cm³/mol. The second-order valence-corrected chi connectivity index (χ2v) is 6.46. The van der Waals surface area contributed by atoms with Crippen LogP contribution in [0.5, 0.6) is 0 Å². The Morgan fingerprint density at radius 2 is 2.00 bits per heavy atom. The fraction of sp³-hybridized carbons (Fsp3) is 0.929. The molecule has 1 fully saturated rings. The monoisotopic (exact) mass is 289 g/mol. The number of esters is 1. The number of ether oxygens (including phenoxy) is 1. The van der Waals surface area contributed by atoms with E-state index in [1.165, 1.54) is 38.5 Å². The van der Waals surface area contributed by atoms with Gasteiger partial charge in [0.05, 0.1) is 13.0 Å². The van der Waals surface area contributed by atoms with Gasteiger partial charge in [-0.25, -0.2) is 0 Å². The number of carbonyl (C=O) groups excluding carboxylic acids is 1. The van der Waals surface area contributed by atoms with Gasteiger partial charge in [0.2, 0.25) is 0 Å². The molecule has 0 aromatic heterocycles. The van der Waals surface area contributed by atoms with Crippen LogP contribution >= 0.6 is 8.03 Å². The normalized spacial score (nSPS) is 17.2. The van der Waals surface area contributed by atoms with Gasteiger partial charge >= 0.3 is 14.0 Å². The van der Waals surface area contributed by atoms with Gasteiger partial charge < -0.3 is 4.74 Å². The molecular formula is C14H26O4P+. The van der Waals surface area contributed by atoms with Crippen LogP contribution in [0.1, 0.15) is 58.3 Å². The first-order valence-corrected chi connectivity index (χ1v) is 8.82. The summed E-state index contributed by atoms with van der Waals surface area (Å²) in [5, 5.41) is 0. The van der Waals surface area contributed by atoms with Gasteiger partial charge in [0, 0.05) is 0 Å². The second-order valence-electron chi connectivity index (χ2n) is 5.09. The van der Waals surface area contributed by atoms with Crippen LogP contribution in [0.2, 0.25) is 0 Å². The third kappa shape index (κ3) is 8.33. The van der Waals surface area contributed by atoms with E-state index in [4.69, 9.17) is 9.26 Å². The van der Waals surface area contributed by atoms with Crippen molar-refractivity contribution in [2.45, 2.75) is 58.3 Å². The molecule has 4 nitrogen and oxygen atoms in total. The first kappa shape index (κ1) is 16.6. The Hall–Kier alpha value is -0.470. The van der Waals surface area contributed by atoms with Crippen molar-refractivity contribution in [1.82, 2.24) is 0 Å². The highest BCUT2D eigenvalue weighted by molar-refractivity contribution is 7.39. The molecule has 5 heteroatoms. The number of rotatable bonds is 9. The van der Waals surface area contributed by atoms with Gasteiger partial charge in [-0.2, -0.15) is 0 Å². The first-order valence-electron chi connectivity index (χ1n) is 7.45. The van der Waals surface area contributed by atoms with Crippen LogP contribution in [-0.2, 0) is 18.6 Å². The molecule has 0 N–H and O–H groups in total. The minimum atomic E-state index is -1.70. The minimum absolute atomic E-state index is 0.186. The van der Waals surface area contributed by atoms with Crippen molar-refractivity contribution in [2.75, 3.05) is 19.4 Å². The van der Waals surface area contributed by atoms with E-state index in [1.807, 2.05) is 0 Å². The van der Waals surface area contributed by atoms with E-state index in [0.717, 1.165) is 12.3 Å². The Bertz CT molecular complexity index is 275. The average molecular weight is 289 g/mol. The smallest absolute Gasteiger partial charge is 0.466 e. The lowest BCUT2D eigenvalue weighted by atomic mass is 9.86. The lowest BCUT2D eigenvalue weighted by molar-refractivity contribution is -0.142. The van der Waals surface area contributed by atoms with Gasteiger partial charge in [0.1, 0.15) is 6.61 Å². The van der Waals surface area contributed by atoms with Gasteiger partial charge in [-0.3, -0.25) is 4.79 Å². The molecule has 1 saturated carbocycles. The summed E-state index contributed by atoms with van der Waals surface area (Å²) in [5.74, 6) is 0.548. The Morgan fingerprint density at radius 1 is 1.26 bits per heavy atom. The molecule has 1 rings (SSSR count). The van der Waals surface area contributed by atoms with Crippen LogP contribution in [0, 0.1) is 5.92 Å². The molecule has 1 atom stereocenters. The number of hydrogen-bond acceptors (Lipinski definition) is 4. The summed E-state index contributed by atoms with van der Waals surface area (Å²) in [5.41, 5.74) is 0. The zero-order valence-electron chi connectivity index (χ0n) is 11.9. The molecule has 0 heterocycles. The predicted octanol–water partition coefficient (Wildman–Crippen LogP) is 4.06. The van der Waals surface area contributed by atoms with E-state index >= 15 is 0 Å². The molecule has 19 heavy (non-hydrogen) atoms. The number of hydrogen-bond donors (Lipinski definition) is 0. The molecule has 0 radical (unpaired) electrons. The van der Waals surface area contributed by atoms with Gasteiger partial charge in [0.15, 0.2) is 6.16 Å². The Labute approximate surface area is 117 Å². The van der Waals surface area contributed by atoms with E-state index in [-0.39, 0.29) is 18.6 Å². The summed E-state index contributed by atoms with van der Waals surface area (Å²) in [4.78, 5) is 11.1. The molecule has 110 valence electrons. The third-order valence-electron chi connectivity index (χ3n) is 3.52.